The minimum atomic E-state index is -0.429. The van der Waals surface area contributed by atoms with E-state index in [1.807, 2.05) is 17.0 Å². The van der Waals surface area contributed by atoms with E-state index < -0.39 is 6.04 Å². The maximum absolute atomic E-state index is 12.9. The number of urea groups is 1. The lowest BCUT2D eigenvalue weighted by Gasteiger charge is -2.33. The number of carbonyl (C=O) groups is 2. The molecule has 0 saturated carbocycles. The summed E-state index contributed by atoms with van der Waals surface area (Å²) < 4.78 is 12.9. The highest BCUT2D eigenvalue weighted by Gasteiger charge is 2.32. The van der Waals surface area contributed by atoms with Gasteiger partial charge >= 0.3 is 6.03 Å². The second kappa shape index (κ2) is 6.34. The van der Waals surface area contributed by atoms with Gasteiger partial charge in [0.2, 0.25) is 5.91 Å². The summed E-state index contributed by atoms with van der Waals surface area (Å²) in [7, 11) is 0. The van der Waals surface area contributed by atoms with Gasteiger partial charge in [0.15, 0.2) is 0 Å². The SMILES string of the molecule is O=C1NCC(C(=O)N2CCC(Cc3ccc(F)cc3)CC2)N1. The van der Waals surface area contributed by atoms with Crippen LogP contribution in [0.3, 0.4) is 0 Å². The molecule has 1 aromatic rings. The highest BCUT2D eigenvalue weighted by molar-refractivity contribution is 5.90. The minimum Gasteiger partial charge on any atom is -0.341 e. The number of nitrogens with one attached hydrogen (secondary N) is 2. The Morgan fingerprint density at radius 3 is 2.50 bits per heavy atom. The predicted octanol–water partition coefficient (Wildman–Crippen LogP) is 1.29. The van der Waals surface area contributed by atoms with Crippen molar-refractivity contribution in [1.29, 1.82) is 0 Å². The number of halogens is 1. The van der Waals surface area contributed by atoms with Crippen LogP contribution >= 0.6 is 0 Å². The van der Waals surface area contributed by atoms with Gasteiger partial charge in [-0.15, -0.1) is 0 Å². The van der Waals surface area contributed by atoms with Gasteiger partial charge in [-0.05, 0) is 42.9 Å². The molecule has 3 rings (SSSR count). The van der Waals surface area contributed by atoms with E-state index >= 15 is 0 Å². The van der Waals surface area contributed by atoms with Gasteiger partial charge in [0.05, 0.1) is 0 Å². The summed E-state index contributed by atoms with van der Waals surface area (Å²) in [4.78, 5) is 25.2. The Morgan fingerprint density at radius 2 is 1.91 bits per heavy atom. The molecule has 2 aliphatic rings. The van der Waals surface area contributed by atoms with Crippen LogP contribution in [0.25, 0.3) is 0 Å². The maximum atomic E-state index is 12.9. The van der Waals surface area contributed by atoms with Crippen LogP contribution in [0, 0.1) is 11.7 Å². The summed E-state index contributed by atoms with van der Waals surface area (Å²) >= 11 is 0. The summed E-state index contributed by atoms with van der Waals surface area (Å²) in [6.45, 7) is 1.81. The first kappa shape index (κ1) is 14.8. The Bertz CT molecular complexity index is 553. The fourth-order valence-electron chi connectivity index (χ4n) is 3.14. The molecule has 0 aliphatic carbocycles. The number of benzene rings is 1. The molecule has 6 heteroatoms. The van der Waals surface area contributed by atoms with Gasteiger partial charge in [0.25, 0.3) is 0 Å². The molecular formula is C16H20FN3O2. The van der Waals surface area contributed by atoms with Crippen molar-refractivity contribution in [2.75, 3.05) is 19.6 Å². The van der Waals surface area contributed by atoms with Crippen LogP contribution in [-0.4, -0.2) is 42.5 Å². The number of likely N-dealkylation sites (tertiary alicyclic amines) is 1. The highest BCUT2D eigenvalue weighted by Crippen LogP contribution is 2.22. The number of hydrogen-bond acceptors (Lipinski definition) is 2. The van der Waals surface area contributed by atoms with Gasteiger partial charge in [-0.3, -0.25) is 4.79 Å². The summed E-state index contributed by atoms with van der Waals surface area (Å²) in [6, 6.07) is 5.93. The van der Waals surface area contributed by atoms with Crippen LogP contribution in [0.5, 0.6) is 0 Å². The first-order valence-corrected chi connectivity index (χ1v) is 7.69. The second-order valence-electron chi connectivity index (χ2n) is 6.01. The van der Waals surface area contributed by atoms with Crippen LogP contribution in [-0.2, 0) is 11.2 Å². The molecule has 2 saturated heterocycles. The van der Waals surface area contributed by atoms with Crippen molar-refractivity contribution < 1.29 is 14.0 Å². The molecule has 2 N–H and O–H groups in total. The lowest BCUT2D eigenvalue weighted by Crippen LogP contribution is -2.48. The van der Waals surface area contributed by atoms with Crippen molar-refractivity contribution in [3.8, 4) is 0 Å². The third-order valence-electron chi connectivity index (χ3n) is 4.43. The maximum Gasteiger partial charge on any atom is 0.315 e. The molecule has 0 spiro atoms. The number of carbonyl (C=O) groups excluding carboxylic acids is 2. The third kappa shape index (κ3) is 3.37. The first-order chi connectivity index (χ1) is 10.6. The number of rotatable bonds is 3. The van der Waals surface area contributed by atoms with Crippen LogP contribution in [0.2, 0.25) is 0 Å². The Hall–Kier alpha value is -2.11. The van der Waals surface area contributed by atoms with E-state index in [0.717, 1.165) is 37.9 Å². The average molecular weight is 305 g/mol. The number of hydrogen-bond donors (Lipinski definition) is 2. The Morgan fingerprint density at radius 1 is 1.23 bits per heavy atom. The zero-order chi connectivity index (χ0) is 15.5. The first-order valence-electron chi connectivity index (χ1n) is 7.69. The van der Waals surface area contributed by atoms with E-state index in [-0.39, 0.29) is 17.8 Å². The molecule has 0 radical (unpaired) electrons. The van der Waals surface area contributed by atoms with Crippen LogP contribution in [0.4, 0.5) is 9.18 Å². The number of piperidine rings is 1. The molecule has 1 aromatic carbocycles. The molecule has 2 fully saturated rings. The average Bonchev–Trinajstić information content (AvgIpc) is 2.96. The smallest absolute Gasteiger partial charge is 0.315 e. The molecule has 5 nitrogen and oxygen atoms in total. The summed E-state index contributed by atoms with van der Waals surface area (Å²) in [6.07, 6.45) is 2.80. The van der Waals surface area contributed by atoms with Gasteiger partial charge < -0.3 is 15.5 Å². The molecule has 22 heavy (non-hydrogen) atoms. The summed E-state index contributed by atoms with van der Waals surface area (Å²) in [5.74, 6) is 0.306. The third-order valence-corrected chi connectivity index (χ3v) is 4.43. The van der Waals surface area contributed by atoms with Crippen molar-refractivity contribution in [1.82, 2.24) is 15.5 Å². The van der Waals surface area contributed by atoms with Gasteiger partial charge in [-0.1, -0.05) is 12.1 Å². The summed E-state index contributed by atoms with van der Waals surface area (Å²) in [5.41, 5.74) is 1.14. The zero-order valence-corrected chi connectivity index (χ0v) is 12.3. The molecule has 3 amide bonds. The summed E-state index contributed by atoms with van der Waals surface area (Å²) in [5, 5.41) is 5.24. The van der Waals surface area contributed by atoms with Crippen molar-refractivity contribution in [3.05, 3.63) is 35.6 Å². The second-order valence-corrected chi connectivity index (χ2v) is 6.01. The van der Waals surface area contributed by atoms with E-state index in [2.05, 4.69) is 10.6 Å². The number of amides is 3. The highest BCUT2D eigenvalue weighted by atomic mass is 19.1. The van der Waals surface area contributed by atoms with E-state index in [4.69, 9.17) is 0 Å². The normalized spacial score (nSPS) is 22.3. The fraction of sp³-hybridized carbons (Fsp3) is 0.500. The molecule has 118 valence electrons. The van der Waals surface area contributed by atoms with E-state index in [9.17, 15) is 14.0 Å². The Kier molecular flexibility index (Phi) is 4.27. The lowest BCUT2D eigenvalue weighted by molar-refractivity contribution is -0.134. The van der Waals surface area contributed by atoms with Crippen molar-refractivity contribution in [2.24, 2.45) is 5.92 Å². The van der Waals surface area contributed by atoms with E-state index in [1.54, 1.807) is 0 Å². The van der Waals surface area contributed by atoms with Gasteiger partial charge in [-0.25, -0.2) is 9.18 Å². The Balaban J connectivity index is 1.48. The topological polar surface area (TPSA) is 61.4 Å². The van der Waals surface area contributed by atoms with Crippen LogP contribution in [0.1, 0.15) is 18.4 Å². The molecule has 2 aliphatic heterocycles. The van der Waals surface area contributed by atoms with Crippen molar-refractivity contribution >= 4 is 11.9 Å². The van der Waals surface area contributed by atoms with Crippen LogP contribution < -0.4 is 10.6 Å². The number of nitrogens with zero attached hydrogens (tertiary/aromatic N) is 1. The fourth-order valence-corrected chi connectivity index (χ4v) is 3.14. The van der Waals surface area contributed by atoms with Crippen molar-refractivity contribution in [3.63, 3.8) is 0 Å². The van der Waals surface area contributed by atoms with E-state index in [0.29, 0.717) is 12.5 Å². The predicted molar refractivity (Wildman–Crippen MR) is 79.7 cm³/mol. The minimum absolute atomic E-state index is 0.00131. The molecule has 0 bridgehead atoms. The molecule has 1 atom stereocenters. The lowest BCUT2D eigenvalue weighted by atomic mass is 9.90. The molecule has 0 aromatic heterocycles. The van der Waals surface area contributed by atoms with Gasteiger partial charge in [0, 0.05) is 19.6 Å². The monoisotopic (exact) mass is 305 g/mol. The standard InChI is InChI=1S/C16H20FN3O2/c17-13-3-1-11(2-4-13)9-12-5-7-20(8-6-12)15(21)14-10-18-16(22)19-14/h1-4,12,14H,5-10H2,(H2,18,19,22). The zero-order valence-electron chi connectivity index (χ0n) is 12.3. The quantitative estimate of drug-likeness (QED) is 0.884. The van der Waals surface area contributed by atoms with Crippen molar-refractivity contribution in [2.45, 2.75) is 25.3 Å². The molecular weight excluding hydrogens is 285 g/mol. The Labute approximate surface area is 128 Å². The largest absolute Gasteiger partial charge is 0.341 e. The van der Waals surface area contributed by atoms with E-state index in [1.165, 1.54) is 12.1 Å². The molecule has 2 heterocycles. The van der Waals surface area contributed by atoms with Gasteiger partial charge in [0.1, 0.15) is 11.9 Å². The molecule has 1 unspecified atom stereocenters. The van der Waals surface area contributed by atoms with Gasteiger partial charge in [-0.2, -0.15) is 0 Å². The van der Waals surface area contributed by atoms with Crippen LogP contribution in [0.15, 0.2) is 24.3 Å².